The fourth-order valence-electron chi connectivity index (χ4n) is 2.04. The van der Waals surface area contributed by atoms with Gasteiger partial charge in [-0.15, -0.1) is 0 Å². The van der Waals surface area contributed by atoms with Crippen LogP contribution >= 0.6 is 15.9 Å². The van der Waals surface area contributed by atoms with E-state index in [1.807, 2.05) is 0 Å². The molecule has 0 bridgehead atoms. The first-order valence-electron chi connectivity index (χ1n) is 7.24. The van der Waals surface area contributed by atoms with Gasteiger partial charge in [0.25, 0.3) is 5.56 Å². The van der Waals surface area contributed by atoms with Gasteiger partial charge in [0.2, 0.25) is 0 Å². The van der Waals surface area contributed by atoms with Gasteiger partial charge in [-0.25, -0.2) is 4.68 Å². The van der Waals surface area contributed by atoms with Crippen molar-refractivity contribution < 1.29 is 5.11 Å². The number of aromatic nitrogens is 2. The predicted octanol–water partition coefficient (Wildman–Crippen LogP) is 2.63. The molecule has 1 rings (SSSR count). The third-order valence-electron chi connectivity index (χ3n) is 3.42. The Hall–Kier alpha value is -0.880. The number of anilines is 1. The van der Waals surface area contributed by atoms with Crippen molar-refractivity contribution in [2.45, 2.75) is 46.1 Å². The monoisotopic (exact) mass is 345 g/mol. The van der Waals surface area contributed by atoms with Crippen molar-refractivity contribution in [3.8, 4) is 0 Å². The summed E-state index contributed by atoms with van der Waals surface area (Å²) >= 11 is 3.31. The normalized spacial score (nSPS) is 12.4. The summed E-state index contributed by atoms with van der Waals surface area (Å²) in [6.07, 6.45) is 6.40. The summed E-state index contributed by atoms with van der Waals surface area (Å²) in [7, 11) is 0. The Morgan fingerprint density at radius 1 is 1.50 bits per heavy atom. The zero-order valence-corrected chi connectivity index (χ0v) is 13.8. The molecule has 1 unspecified atom stereocenters. The Kier molecular flexibility index (Phi) is 7.84. The molecule has 1 heterocycles. The second-order valence-electron chi connectivity index (χ2n) is 4.92. The molecule has 0 radical (unpaired) electrons. The topological polar surface area (TPSA) is 67.2 Å². The highest BCUT2D eigenvalue weighted by Crippen LogP contribution is 2.19. The first-order chi connectivity index (χ1) is 9.63. The molecule has 0 saturated carbocycles. The Bertz CT molecular complexity index is 462. The molecule has 0 aliphatic rings. The van der Waals surface area contributed by atoms with Crippen LogP contribution in [0, 0.1) is 5.92 Å². The maximum atomic E-state index is 12.0. The third-order valence-corrected chi connectivity index (χ3v) is 4.19. The number of hydrogen-bond acceptors (Lipinski definition) is 4. The molecule has 1 atom stereocenters. The summed E-state index contributed by atoms with van der Waals surface area (Å²) in [6, 6.07) is 0. The van der Waals surface area contributed by atoms with E-state index in [1.54, 1.807) is 6.20 Å². The lowest BCUT2D eigenvalue weighted by molar-refractivity contribution is 0.266. The highest BCUT2D eigenvalue weighted by Gasteiger charge is 2.10. The van der Waals surface area contributed by atoms with Gasteiger partial charge in [-0.2, -0.15) is 5.10 Å². The van der Waals surface area contributed by atoms with E-state index in [4.69, 9.17) is 5.11 Å². The highest BCUT2D eigenvalue weighted by molar-refractivity contribution is 9.10. The number of aliphatic hydroxyl groups is 1. The number of halogens is 1. The molecule has 5 nitrogen and oxygen atoms in total. The van der Waals surface area contributed by atoms with E-state index < -0.39 is 0 Å². The van der Waals surface area contributed by atoms with Crippen molar-refractivity contribution in [2.24, 2.45) is 5.92 Å². The molecule has 0 amide bonds. The molecule has 6 heteroatoms. The van der Waals surface area contributed by atoms with E-state index >= 15 is 0 Å². The van der Waals surface area contributed by atoms with Gasteiger partial charge < -0.3 is 10.4 Å². The van der Waals surface area contributed by atoms with Gasteiger partial charge in [0.15, 0.2) is 0 Å². The molecular formula is C14H24BrN3O2. The van der Waals surface area contributed by atoms with Crippen LogP contribution < -0.4 is 10.9 Å². The third kappa shape index (κ3) is 4.90. The molecule has 0 spiro atoms. The fourth-order valence-corrected chi connectivity index (χ4v) is 2.49. The number of aliphatic hydroxyl groups excluding tert-OH is 1. The van der Waals surface area contributed by atoms with Crippen LogP contribution in [0.5, 0.6) is 0 Å². The lowest BCUT2D eigenvalue weighted by atomic mass is 9.99. The quantitative estimate of drug-likeness (QED) is 0.721. The average molecular weight is 346 g/mol. The second kappa shape index (κ2) is 9.13. The van der Waals surface area contributed by atoms with Gasteiger partial charge in [0.1, 0.15) is 4.47 Å². The van der Waals surface area contributed by atoms with Crippen LogP contribution in [0.1, 0.15) is 39.5 Å². The van der Waals surface area contributed by atoms with E-state index in [0.29, 0.717) is 10.4 Å². The Balaban J connectivity index is 2.68. The first kappa shape index (κ1) is 17.2. The summed E-state index contributed by atoms with van der Waals surface area (Å²) in [5.41, 5.74) is 0.504. The summed E-state index contributed by atoms with van der Waals surface area (Å²) < 4.78 is 1.73. The predicted molar refractivity (Wildman–Crippen MR) is 85.1 cm³/mol. The molecule has 0 aromatic carbocycles. The smallest absolute Gasteiger partial charge is 0.283 e. The maximum Gasteiger partial charge on any atom is 0.283 e. The highest BCUT2D eigenvalue weighted by atomic mass is 79.9. The van der Waals surface area contributed by atoms with Crippen LogP contribution in [0.25, 0.3) is 0 Å². The SMILES string of the molecule is CCCCC(CC)CNc1cnn(CCO)c(=O)c1Br. The number of nitrogens with zero attached hydrogens (tertiary/aromatic N) is 2. The van der Waals surface area contributed by atoms with Crippen LogP contribution in [0.15, 0.2) is 15.5 Å². The van der Waals surface area contributed by atoms with Crippen LogP contribution in [0.2, 0.25) is 0 Å². The molecule has 2 N–H and O–H groups in total. The molecule has 1 aromatic heterocycles. The Labute approximate surface area is 128 Å². The lowest BCUT2D eigenvalue weighted by Gasteiger charge is -2.17. The van der Waals surface area contributed by atoms with E-state index in [1.165, 1.54) is 23.9 Å². The molecule has 0 aliphatic carbocycles. The summed E-state index contributed by atoms with van der Waals surface area (Å²) in [6.45, 7) is 5.35. The van der Waals surface area contributed by atoms with Crippen molar-refractivity contribution in [1.82, 2.24) is 9.78 Å². The number of rotatable bonds is 9. The lowest BCUT2D eigenvalue weighted by Crippen LogP contribution is -2.26. The minimum Gasteiger partial charge on any atom is -0.394 e. The maximum absolute atomic E-state index is 12.0. The molecule has 1 aromatic rings. The zero-order chi connectivity index (χ0) is 15.0. The molecule has 20 heavy (non-hydrogen) atoms. The molecule has 0 fully saturated rings. The van der Waals surface area contributed by atoms with Gasteiger partial charge >= 0.3 is 0 Å². The largest absolute Gasteiger partial charge is 0.394 e. The van der Waals surface area contributed by atoms with Crippen LogP contribution in [-0.4, -0.2) is 28.0 Å². The molecule has 0 aliphatic heterocycles. The van der Waals surface area contributed by atoms with Crippen molar-refractivity contribution >= 4 is 21.6 Å². The molecule has 114 valence electrons. The summed E-state index contributed by atoms with van der Waals surface area (Å²) in [5, 5.41) is 16.2. The number of unbranched alkanes of at least 4 members (excludes halogenated alkanes) is 1. The Morgan fingerprint density at radius 2 is 2.25 bits per heavy atom. The van der Waals surface area contributed by atoms with Crippen molar-refractivity contribution in [2.75, 3.05) is 18.5 Å². The van der Waals surface area contributed by atoms with Gasteiger partial charge in [0.05, 0.1) is 25.0 Å². The minimum absolute atomic E-state index is 0.0962. The van der Waals surface area contributed by atoms with Crippen molar-refractivity contribution in [3.63, 3.8) is 0 Å². The minimum atomic E-state index is -0.217. The van der Waals surface area contributed by atoms with E-state index in [-0.39, 0.29) is 18.7 Å². The summed E-state index contributed by atoms with van der Waals surface area (Å²) in [4.78, 5) is 12.0. The zero-order valence-electron chi connectivity index (χ0n) is 12.2. The van der Waals surface area contributed by atoms with Gasteiger partial charge in [-0.3, -0.25) is 4.79 Å². The Morgan fingerprint density at radius 3 is 2.85 bits per heavy atom. The van der Waals surface area contributed by atoms with Crippen molar-refractivity contribution in [3.05, 3.63) is 21.0 Å². The fraction of sp³-hybridized carbons (Fsp3) is 0.714. The van der Waals surface area contributed by atoms with Gasteiger partial charge in [0, 0.05) is 6.54 Å². The van der Waals surface area contributed by atoms with Gasteiger partial charge in [-0.05, 0) is 28.3 Å². The van der Waals surface area contributed by atoms with Crippen LogP contribution in [0.3, 0.4) is 0 Å². The number of hydrogen-bond donors (Lipinski definition) is 2. The van der Waals surface area contributed by atoms with Crippen LogP contribution in [0.4, 0.5) is 5.69 Å². The van der Waals surface area contributed by atoms with E-state index in [2.05, 4.69) is 40.2 Å². The standard InChI is InChI=1S/C14H24BrN3O2/c1-3-5-6-11(4-2)9-16-12-10-17-18(7-8-19)14(20)13(12)15/h10-11,16,19H,3-9H2,1-2H3. The molecule has 0 saturated heterocycles. The average Bonchev–Trinajstić information content (AvgIpc) is 2.46. The first-order valence-corrected chi connectivity index (χ1v) is 8.03. The summed E-state index contributed by atoms with van der Waals surface area (Å²) in [5.74, 6) is 0.613. The number of nitrogens with one attached hydrogen (secondary N) is 1. The van der Waals surface area contributed by atoms with Gasteiger partial charge in [-0.1, -0.05) is 33.1 Å². The van der Waals surface area contributed by atoms with E-state index in [0.717, 1.165) is 18.7 Å². The van der Waals surface area contributed by atoms with Crippen molar-refractivity contribution in [1.29, 1.82) is 0 Å². The van der Waals surface area contributed by atoms with Crippen LogP contribution in [-0.2, 0) is 6.54 Å². The van der Waals surface area contributed by atoms with E-state index in [9.17, 15) is 4.79 Å². The molecular weight excluding hydrogens is 322 g/mol. The second-order valence-corrected chi connectivity index (χ2v) is 5.71.